The molecule has 1 unspecified atom stereocenters. The van der Waals surface area contributed by atoms with Crippen LogP contribution in [0.3, 0.4) is 0 Å². The molecule has 0 saturated carbocycles. The molecule has 0 aliphatic carbocycles. The molecule has 0 aliphatic rings. The molecule has 1 atom stereocenters. The summed E-state index contributed by atoms with van der Waals surface area (Å²) in [5.74, 6) is 0.127. The topological polar surface area (TPSA) is 47.8 Å². The number of ketones is 1. The van der Waals surface area contributed by atoms with Gasteiger partial charge in [-0.05, 0) is 26.0 Å². The van der Waals surface area contributed by atoms with E-state index in [-0.39, 0.29) is 11.8 Å². The molecular formula is C17H17N3O. The van der Waals surface area contributed by atoms with Crippen molar-refractivity contribution in [3.8, 4) is 0 Å². The van der Waals surface area contributed by atoms with Gasteiger partial charge in [-0.1, -0.05) is 47.2 Å². The summed E-state index contributed by atoms with van der Waals surface area (Å²) in [6.45, 7) is 4.01. The van der Waals surface area contributed by atoms with Crippen molar-refractivity contribution in [2.24, 2.45) is 0 Å². The van der Waals surface area contributed by atoms with Crippen molar-refractivity contribution in [1.82, 2.24) is 15.0 Å². The molecule has 2 aromatic carbocycles. The number of aromatic nitrogens is 3. The maximum atomic E-state index is 12.3. The standard InChI is InChI=1S/C17H17N3O/c1-12-7-9-14(10-8-12)17(21)11-13(2)20-16-6-4-3-5-15(16)18-19-20/h3-10,13H,11H2,1-2H3. The Kier molecular flexibility index (Phi) is 3.52. The van der Waals surface area contributed by atoms with Crippen LogP contribution in [0, 0.1) is 6.92 Å². The van der Waals surface area contributed by atoms with Crippen molar-refractivity contribution in [2.45, 2.75) is 26.3 Å². The molecule has 1 heterocycles. The van der Waals surface area contributed by atoms with E-state index in [1.54, 1.807) is 0 Å². The summed E-state index contributed by atoms with van der Waals surface area (Å²) in [6, 6.07) is 15.4. The van der Waals surface area contributed by atoms with Crippen LogP contribution in [-0.4, -0.2) is 20.8 Å². The van der Waals surface area contributed by atoms with E-state index in [1.807, 2.05) is 67.1 Å². The van der Waals surface area contributed by atoms with Gasteiger partial charge in [-0.3, -0.25) is 4.79 Å². The van der Waals surface area contributed by atoms with E-state index in [1.165, 1.54) is 0 Å². The fourth-order valence-electron chi connectivity index (χ4n) is 2.42. The van der Waals surface area contributed by atoms with E-state index in [9.17, 15) is 4.79 Å². The van der Waals surface area contributed by atoms with Crippen LogP contribution in [0.4, 0.5) is 0 Å². The number of nitrogens with zero attached hydrogens (tertiary/aromatic N) is 3. The van der Waals surface area contributed by atoms with E-state index >= 15 is 0 Å². The molecule has 0 aliphatic heterocycles. The second-order valence-corrected chi connectivity index (χ2v) is 5.37. The van der Waals surface area contributed by atoms with Crippen LogP contribution in [0.2, 0.25) is 0 Å². The molecule has 21 heavy (non-hydrogen) atoms. The average molecular weight is 279 g/mol. The lowest BCUT2D eigenvalue weighted by Gasteiger charge is -2.11. The van der Waals surface area contributed by atoms with E-state index in [0.29, 0.717) is 6.42 Å². The third-order valence-electron chi connectivity index (χ3n) is 3.65. The normalized spacial score (nSPS) is 12.5. The van der Waals surface area contributed by atoms with Gasteiger partial charge in [-0.25, -0.2) is 4.68 Å². The van der Waals surface area contributed by atoms with Crippen LogP contribution in [0.1, 0.15) is 35.3 Å². The van der Waals surface area contributed by atoms with Gasteiger partial charge >= 0.3 is 0 Å². The summed E-state index contributed by atoms with van der Waals surface area (Å²) in [4.78, 5) is 12.3. The highest BCUT2D eigenvalue weighted by Gasteiger charge is 2.15. The Labute approximate surface area is 123 Å². The molecule has 1 aromatic heterocycles. The maximum absolute atomic E-state index is 12.3. The van der Waals surface area contributed by atoms with Crippen molar-refractivity contribution < 1.29 is 4.79 Å². The molecule has 0 spiro atoms. The molecule has 3 rings (SSSR count). The minimum Gasteiger partial charge on any atom is -0.294 e. The largest absolute Gasteiger partial charge is 0.294 e. The SMILES string of the molecule is Cc1ccc(C(=O)CC(C)n2nnc3ccccc32)cc1. The number of carbonyl (C=O) groups is 1. The first-order valence-electron chi connectivity index (χ1n) is 7.05. The zero-order valence-electron chi connectivity index (χ0n) is 12.2. The molecular weight excluding hydrogens is 262 g/mol. The number of hydrogen-bond donors (Lipinski definition) is 0. The number of hydrogen-bond acceptors (Lipinski definition) is 3. The van der Waals surface area contributed by atoms with E-state index in [4.69, 9.17) is 0 Å². The number of aryl methyl sites for hydroxylation is 1. The molecule has 0 N–H and O–H groups in total. The third kappa shape index (κ3) is 2.70. The highest BCUT2D eigenvalue weighted by Crippen LogP contribution is 2.19. The first kappa shape index (κ1) is 13.5. The number of Topliss-reactive ketones (excluding diaryl/α,β-unsaturated/α-hetero) is 1. The molecule has 0 amide bonds. The Morgan fingerprint density at radius 2 is 1.86 bits per heavy atom. The van der Waals surface area contributed by atoms with Crippen molar-refractivity contribution in [1.29, 1.82) is 0 Å². The summed E-state index contributed by atoms with van der Waals surface area (Å²) in [6.07, 6.45) is 0.413. The Balaban J connectivity index is 1.81. The van der Waals surface area contributed by atoms with Crippen molar-refractivity contribution >= 4 is 16.8 Å². The lowest BCUT2D eigenvalue weighted by Crippen LogP contribution is -2.12. The van der Waals surface area contributed by atoms with Crippen LogP contribution >= 0.6 is 0 Å². The van der Waals surface area contributed by atoms with E-state index in [2.05, 4.69) is 10.3 Å². The van der Waals surface area contributed by atoms with Crippen LogP contribution < -0.4 is 0 Å². The van der Waals surface area contributed by atoms with Crippen LogP contribution in [0.5, 0.6) is 0 Å². The van der Waals surface area contributed by atoms with Crippen LogP contribution in [-0.2, 0) is 0 Å². The first-order chi connectivity index (χ1) is 10.1. The lowest BCUT2D eigenvalue weighted by molar-refractivity contribution is 0.0964. The number of carbonyl (C=O) groups excluding carboxylic acids is 1. The Morgan fingerprint density at radius 3 is 2.62 bits per heavy atom. The van der Waals surface area contributed by atoms with Gasteiger partial charge in [0, 0.05) is 12.0 Å². The highest BCUT2D eigenvalue weighted by molar-refractivity contribution is 5.96. The molecule has 0 fully saturated rings. The van der Waals surface area contributed by atoms with E-state index in [0.717, 1.165) is 22.2 Å². The second kappa shape index (κ2) is 5.48. The quantitative estimate of drug-likeness (QED) is 0.686. The monoisotopic (exact) mass is 279 g/mol. The zero-order valence-corrected chi connectivity index (χ0v) is 12.2. The molecule has 106 valence electrons. The zero-order chi connectivity index (χ0) is 14.8. The average Bonchev–Trinajstić information content (AvgIpc) is 2.92. The van der Waals surface area contributed by atoms with Crippen molar-refractivity contribution in [2.75, 3.05) is 0 Å². The van der Waals surface area contributed by atoms with Crippen molar-refractivity contribution in [3.05, 3.63) is 59.7 Å². The van der Waals surface area contributed by atoms with Gasteiger partial charge in [0.1, 0.15) is 5.52 Å². The lowest BCUT2D eigenvalue weighted by atomic mass is 10.0. The summed E-state index contributed by atoms with van der Waals surface area (Å²) in [5, 5.41) is 8.30. The van der Waals surface area contributed by atoms with Gasteiger partial charge in [0.25, 0.3) is 0 Å². The van der Waals surface area contributed by atoms with Gasteiger partial charge in [-0.2, -0.15) is 0 Å². The fraction of sp³-hybridized carbons (Fsp3) is 0.235. The predicted molar refractivity (Wildman–Crippen MR) is 82.4 cm³/mol. The minimum atomic E-state index is -0.0220. The van der Waals surface area contributed by atoms with Crippen molar-refractivity contribution in [3.63, 3.8) is 0 Å². The van der Waals surface area contributed by atoms with Gasteiger partial charge in [0.05, 0.1) is 11.6 Å². The smallest absolute Gasteiger partial charge is 0.164 e. The first-order valence-corrected chi connectivity index (χ1v) is 7.05. The number of fused-ring (bicyclic) bond motifs is 1. The highest BCUT2D eigenvalue weighted by atomic mass is 16.1. The van der Waals surface area contributed by atoms with Gasteiger partial charge in [0.2, 0.25) is 0 Å². The van der Waals surface area contributed by atoms with Gasteiger partial charge in [0.15, 0.2) is 5.78 Å². The molecule has 4 nitrogen and oxygen atoms in total. The molecule has 0 bridgehead atoms. The summed E-state index contributed by atoms with van der Waals surface area (Å²) >= 11 is 0. The number of benzene rings is 2. The Bertz CT molecular complexity index is 774. The Morgan fingerprint density at radius 1 is 1.14 bits per heavy atom. The molecule has 0 saturated heterocycles. The minimum absolute atomic E-state index is 0.0220. The van der Waals surface area contributed by atoms with Gasteiger partial charge < -0.3 is 0 Å². The Hall–Kier alpha value is -2.49. The molecule has 0 radical (unpaired) electrons. The van der Waals surface area contributed by atoms with E-state index < -0.39 is 0 Å². The van der Waals surface area contributed by atoms with Gasteiger partial charge in [-0.15, -0.1) is 5.10 Å². The second-order valence-electron chi connectivity index (χ2n) is 5.37. The molecule has 3 aromatic rings. The molecule has 4 heteroatoms. The van der Waals surface area contributed by atoms with Crippen LogP contribution in [0.15, 0.2) is 48.5 Å². The number of rotatable bonds is 4. The van der Waals surface area contributed by atoms with Crippen LogP contribution in [0.25, 0.3) is 11.0 Å². The third-order valence-corrected chi connectivity index (χ3v) is 3.65. The summed E-state index contributed by atoms with van der Waals surface area (Å²) in [7, 11) is 0. The predicted octanol–water partition coefficient (Wildman–Crippen LogP) is 3.57. The maximum Gasteiger partial charge on any atom is 0.164 e. The summed E-state index contributed by atoms with van der Waals surface area (Å²) in [5.41, 5.74) is 3.72. The number of para-hydroxylation sites is 1. The summed E-state index contributed by atoms with van der Waals surface area (Å²) < 4.78 is 1.82. The fourth-order valence-corrected chi connectivity index (χ4v) is 2.42.